The number of nitrogens with one attached hydrogen (secondary N) is 1. The predicted molar refractivity (Wildman–Crippen MR) is 102 cm³/mol. The highest BCUT2D eigenvalue weighted by Crippen LogP contribution is 2.27. The molecule has 160 valence electrons. The molecule has 2 aromatic heterocycles. The molecule has 7 nitrogen and oxygen atoms in total. The number of carbonyl (C=O) groups is 2. The van der Waals surface area contributed by atoms with Crippen LogP contribution >= 0.6 is 0 Å². The second-order valence-corrected chi connectivity index (χ2v) is 7.42. The molecule has 2 unspecified atom stereocenters. The number of alkyl halides is 3. The standard InChI is InChI=1S/C20H22F3N5O2/c1-12-4-6-14(10-26-19(30)20(21,22)23)28(11-12)18(29)16-15(7-5-13(2)27-16)17-24-8-3-9-25-17/h3,5,7-9,12,14H,4,6,10-11H2,1-2H3,(H,26,30). The Balaban J connectivity index is 1.89. The van der Waals surface area contributed by atoms with Crippen LogP contribution in [0.5, 0.6) is 0 Å². The van der Waals surface area contributed by atoms with Gasteiger partial charge < -0.3 is 10.2 Å². The van der Waals surface area contributed by atoms with Crippen LogP contribution in [-0.2, 0) is 4.79 Å². The van der Waals surface area contributed by atoms with Gasteiger partial charge in [-0.25, -0.2) is 15.0 Å². The molecule has 30 heavy (non-hydrogen) atoms. The average Bonchev–Trinajstić information content (AvgIpc) is 2.72. The number of hydrogen-bond donors (Lipinski definition) is 1. The molecule has 1 saturated heterocycles. The fraction of sp³-hybridized carbons (Fsp3) is 0.450. The summed E-state index contributed by atoms with van der Waals surface area (Å²) in [5, 5.41) is 1.90. The molecule has 2 amide bonds. The number of aryl methyl sites for hydroxylation is 1. The van der Waals surface area contributed by atoms with E-state index in [4.69, 9.17) is 0 Å². The van der Waals surface area contributed by atoms with Crippen LogP contribution in [0, 0.1) is 12.8 Å². The van der Waals surface area contributed by atoms with Crippen LogP contribution < -0.4 is 5.32 Å². The molecule has 0 bridgehead atoms. The number of likely N-dealkylation sites (tertiary alicyclic amines) is 1. The summed E-state index contributed by atoms with van der Waals surface area (Å²) in [5.74, 6) is -1.93. The Hall–Kier alpha value is -3.04. The number of aromatic nitrogens is 3. The second kappa shape index (κ2) is 8.76. The monoisotopic (exact) mass is 421 g/mol. The van der Waals surface area contributed by atoms with Gasteiger partial charge >= 0.3 is 12.1 Å². The molecule has 1 aliphatic rings. The second-order valence-electron chi connectivity index (χ2n) is 7.42. The first-order valence-corrected chi connectivity index (χ1v) is 9.58. The number of pyridine rings is 1. The van der Waals surface area contributed by atoms with Gasteiger partial charge in [-0.05, 0) is 43.9 Å². The molecular weight excluding hydrogens is 399 g/mol. The van der Waals surface area contributed by atoms with Gasteiger partial charge in [-0.15, -0.1) is 0 Å². The Morgan fingerprint density at radius 2 is 1.90 bits per heavy atom. The van der Waals surface area contributed by atoms with Gasteiger partial charge in [-0.1, -0.05) is 6.92 Å². The first kappa shape index (κ1) is 21.7. The van der Waals surface area contributed by atoms with Gasteiger partial charge in [0.25, 0.3) is 5.91 Å². The zero-order valence-electron chi connectivity index (χ0n) is 16.6. The van der Waals surface area contributed by atoms with E-state index in [1.807, 2.05) is 12.2 Å². The lowest BCUT2D eigenvalue weighted by molar-refractivity contribution is -0.173. The topological polar surface area (TPSA) is 88.1 Å². The van der Waals surface area contributed by atoms with Crippen LogP contribution in [0.25, 0.3) is 11.4 Å². The van der Waals surface area contributed by atoms with Crippen molar-refractivity contribution < 1.29 is 22.8 Å². The van der Waals surface area contributed by atoms with E-state index in [1.165, 1.54) is 4.90 Å². The summed E-state index contributed by atoms with van der Waals surface area (Å²) < 4.78 is 37.7. The van der Waals surface area contributed by atoms with Crippen LogP contribution in [-0.4, -0.2) is 57.0 Å². The van der Waals surface area contributed by atoms with E-state index in [1.54, 1.807) is 37.5 Å². The van der Waals surface area contributed by atoms with Gasteiger partial charge in [-0.2, -0.15) is 13.2 Å². The van der Waals surface area contributed by atoms with Crippen molar-refractivity contribution >= 4 is 11.8 Å². The van der Waals surface area contributed by atoms with Crippen LogP contribution in [0.15, 0.2) is 30.6 Å². The minimum absolute atomic E-state index is 0.141. The summed E-state index contributed by atoms with van der Waals surface area (Å²) in [6.45, 7) is 3.79. The SMILES string of the molecule is Cc1ccc(-c2ncccn2)c(C(=O)N2CC(C)CCC2CNC(=O)C(F)(F)F)n1. The number of rotatable bonds is 4. The van der Waals surface area contributed by atoms with Crippen molar-refractivity contribution in [1.29, 1.82) is 0 Å². The molecule has 0 aromatic carbocycles. The first-order chi connectivity index (χ1) is 14.2. The first-order valence-electron chi connectivity index (χ1n) is 9.58. The molecular formula is C20H22F3N5O2. The summed E-state index contributed by atoms with van der Waals surface area (Å²) >= 11 is 0. The fourth-order valence-corrected chi connectivity index (χ4v) is 3.45. The molecule has 0 spiro atoms. The highest BCUT2D eigenvalue weighted by atomic mass is 19.4. The van der Waals surface area contributed by atoms with Crippen molar-refractivity contribution in [2.75, 3.05) is 13.1 Å². The van der Waals surface area contributed by atoms with E-state index in [9.17, 15) is 22.8 Å². The summed E-state index contributed by atoms with van der Waals surface area (Å²) in [5.41, 5.74) is 1.20. The molecule has 0 radical (unpaired) electrons. The summed E-state index contributed by atoms with van der Waals surface area (Å²) in [6.07, 6.45) is -0.642. The van der Waals surface area contributed by atoms with E-state index < -0.39 is 24.0 Å². The van der Waals surface area contributed by atoms with Crippen LogP contribution in [0.2, 0.25) is 0 Å². The zero-order chi connectivity index (χ0) is 21.9. The third kappa shape index (κ3) is 4.92. The zero-order valence-corrected chi connectivity index (χ0v) is 16.6. The van der Waals surface area contributed by atoms with Crippen molar-refractivity contribution in [2.45, 2.75) is 38.9 Å². The predicted octanol–water partition coefficient (Wildman–Crippen LogP) is 2.77. The smallest absolute Gasteiger partial charge is 0.346 e. The Morgan fingerprint density at radius 3 is 2.57 bits per heavy atom. The van der Waals surface area contributed by atoms with Gasteiger partial charge in [0.1, 0.15) is 5.69 Å². The number of piperidine rings is 1. The number of carbonyl (C=O) groups excluding carboxylic acids is 2. The van der Waals surface area contributed by atoms with E-state index in [0.29, 0.717) is 30.0 Å². The lowest BCUT2D eigenvalue weighted by Gasteiger charge is -2.39. The molecule has 3 heterocycles. The summed E-state index contributed by atoms with van der Waals surface area (Å²) in [4.78, 5) is 38.9. The van der Waals surface area contributed by atoms with Crippen LogP contribution in [0.1, 0.15) is 35.9 Å². The largest absolute Gasteiger partial charge is 0.471 e. The molecule has 2 aromatic rings. The minimum Gasteiger partial charge on any atom is -0.346 e. The Kier molecular flexibility index (Phi) is 6.33. The molecule has 0 aliphatic carbocycles. The normalized spacial score (nSPS) is 19.4. The van der Waals surface area contributed by atoms with Gasteiger partial charge in [0.05, 0.1) is 5.56 Å². The van der Waals surface area contributed by atoms with Crippen molar-refractivity contribution in [3.8, 4) is 11.4 Å². The minimum atomic E-state index is -4.97. The van der Waals surface area contributed by atoms with Crippen molar-refractivity contribution in [3.63, 3.8) is 0 Å². The summed E-state index contributed by atoms with van der Waals surface area (Å²) in [6, 6.07) is 4.53. The van der Waals surface area contributed by atoms with Crippen LogP contribution in [0.3, 0.4) is 0 Å². The van der Waals surface area contributed by atoms with E-state index in [-0.39, 0.29) is 18.2 Å². The third-order valence-corrected chi connectivity index (χ3v) is 5.00. The number of hydrogen-bond acceptors (Lipinski definition) is 5. The highest BCUT2D eigenvalue weighted by Gasteiger charge is 2.40. The Labute approximate surface area is 171 Å². The molecule has 2 atom stereocenters. The van der Waals surface area contributed by atoms with Gasteiger partial charge in [0.15, 0.2) is 5.82 Å². The number of nitrogens with zero attached hydrogens (tertiary/aromatic N) is 4. The maximum Gasteiger partial charge on any atom is 0.471 e. The fourth-order valence-electron chi connectivity index (χ4n) is 3.45. The van der Waals surface area contributed by atoms with Crippen molar-refractivity contribution in [2.24, 2.45) is 5.92 Å². The number of amides is 2. The van der Waals surface area contributed by atoms with Crippen molar-refractivity contribution in [3.05, 3.63) is 42.0 Å². The Morgan fingerprint density at radius 1 is 1.20 bits per heavy atom. The molecule has 1 aliphatic heterocycles. The van der Waals surface area contributed by atoms with E-state index in [2.05, 4.69) is 15.0 Å². The van der Waals surface area contributed by atoms with Gasteiger partial charge in [0.2, 0.25) is 0 Å². The average molecular weight is 421 g/mol. The van der Waals surface area contributed by atoms with Crippen molar-refractivity contribution in [1.82, 2.24) is 25.2 Å². The highest BCUT2D eigenvalue weighted by molar-refractivity contribution is 5.98. The molecule has 1 fully saturated rings. The summed E-state index contributed by atoms with van der Waals surface area (Å²) in [7, 11) is 0. The third-order valence-electron chi connectivity index (χ3n) is 5.00. The molecule has 0 saturated carbocycles. The maximum atomic E-state index is 13.4. The lowest BCUT2D eigenvalue weighted by Crippen LogP contribution is -2.53. The molecule has 10 heteroatoms. The van der Waals surface area contributed by atoms with Crippen LogP contribution in [0.4, 0.5) is 13.2 Å². The Bertz CT molecular complexity index is 920. The quantitative estimate of drug-likeness (QED) is 0.820. The van der Waals surface area contributed by atoms with E-state index >= 15 is 0 Å². The molecule has 3 rings (SSSR count). The maximum absolute atomic E-state index is 13.4. The lowest BCUT2D eigenvalue weighted by atomic mass is 9.93. The van der Waals surface area contributed by atoms with E-state index in [0.717, 1.165) is 6.42 Å². The van der Waals surface area contributed by atoms with Gasteiger partial charge in [-0.3, -0.25) is 9.59 Å². The van der Waals surface area contributed by atoms with Gasteiger partial charge in [0, 0.05) is 37.2 Å². The number of halogens is 3. The molecule has 1 N–H and O–H groups in total.